The van der Waals surface area contributed by atoms with Gasteiger partial charge in [0.15, 0.2) is 0 Å². The quantitative estimate of drug-likeness (QED) is 0.800. The molecule has 1 heteroatoms. The van der Waals surface area contributed by atoms with Crippen molar-refractivity contribution in [1.82, 2.24) is 0 Å². The van der Waals surface area contributed by atoms with Crippen LogP contribution in [0.15, 0.2) is 18.2 Å². The Hall–Kier alpha value is -0.820. The fourth-order valence-corrected chi connectivity index (χ4v) is 2.05. The van der Waals surface area contributed by atoms with Crippen molar-refractivity contribution in [1.29, 1.82) is 0 Å². The van der Waals surface area contributed by atoms with Gasteiger partial charge in [0.25, 0.3) is 0 Å². The van der Waals surface area contributed by atoms with Crippen molar-refractivity contribution < 1.29 is 5.11 Å². The smallest absolute Gasteiger partial charge is 0.0682 e. The van der Waals surface area contributed by atoms with Crippen LogP contribution >= 0.6 is 0 Å². The maximum atomic E-state index is 10.3. The molecule has 0 amide bonds. The molecule has 0 aliphatic carbocycles. The van der Waals surface area contributed by atoms with Crippen molar-refractivity contribution in [2.24, 2.45) is 0 Å². The maximum Gasteiger partial charge on any atom is 0.0682 e. The predicted octanol–water partition coefficient (Wildman–Crippen LogP) is 3.40. The van der Waals surface area contributed by atoms with E-state index in [-0.39, 0.29) is 0 Å². The number of aliphatic hydroxyl groups is 1. The van der Waals surface area contributed by atoms with E-state index in [0.29, 0.717) is 0 Å². The lowest BCUT2D eigenvalue weighted by molar-refractivity contribution is 0.0326. The van der Waals surface area contributed by atoms with Gasteiger partial charge in [0, 0.05) is 6.42 Å². The zero-order valence-corrected chi connectivity index (χ0v) is 10.3. The highest BCUT2D eigenvalue weighted by atomic mass is 16.3. The number of benzene rings is 1. The minimum absolute atomic E-state index is 0.528. The summed E-state index contributed by atoms with van der Waals surface area (Å²) in [5.41, 5.74) is 3.28. The molecule has 0 heterocycles. The molecule has 1 nitrogen and oxygen atoms in total. The third kappa shape index (κ3) is 3.35. The number of aryl methyl sites for hydroxylation is 2. The molecule has 0 atom stereocenters. The van der Waals surface area contributed by atoms with Gasteiger partial charge in [-0.1, -0.05) is 43.2 Å². The van der Waals surface area contributed by atoms with Crippen LogP contribution in [0, 0.1) is 13.8 Å². The molecule has 0 saturated carbocycles. The molecule has 1 rings (SSSR count). The van der Waals surface area contributed by atoms with Gasteiger partial charge in [0.05, 0.1) is 5.60 Å². The monoisotopic (exact) mass is 206 g/mol. The van der Waals surface area contributed by atoms with E-state index in [1.807, 2.05) is 13.8 Å². The fraction of sp³-hybridized carbons (Fsp3) is 0.571. The Morgan fingerprint density at radius 1 is 1.00 bits per heavy atom. The third-order valence-electron chi connectivity index (χ3n) is 3.13. The largest absolute Gasteiger partial charge is 0.390 e. The molecule has 0 aliphatic rings. The summed E-state index contributed by atoms with van der Waals surface area (Å²) in [7, 11) is 0. The minimum Gasteiger partial charge on any atom is -0.390 e. The second-order valence-corrected chi connectivity index (χ2v) is 4.60. The molecule has 0 aromatic heterocycles. The van der Waals surface area contributed by atoms with Crippen LogP contribution in [0.1, 0.15) is 43.4 Å². The molecule has 0 aliphatic heterocycles. The topological polar surface area (TPSA) is 20.2 Å². The van der Waals surface area contributed by atoms with E-state index in [1.165, 1.54) is 16.7 Å². The molecule has 0 unspecified atom stereocenters. The Labute approximate surface area is 93.1 Å². The lowest BCUT2D eigenvalue weighted by Gasteiger charge is -2.25. The molecule has 1 aromatic carbocycles. The van der Waals surface area contributed by atoms with Crippen LogP contribution in [-0.2, 0) is 6.42 Å². The minimum atomic E-state index is -0.528. The van der Waals surface area contributed by atoms with E-state index in [4.69, 9.17) is 0 Å². The van der Waals surface area contributed by atoms with E-state index >= 15 is 0 Å². The van der Waals surface area contributed by atoms with Gasteiger partial charge >= 0.3 is 0 Å². The lowest BCUT2D eigenvalue weighted by atomic mass is 9.88. The van der Waals surface area contributed by atoms with Gasteiger partial charge in [0.1, 0.15) is 0 Å². The zero-order chi connectivity index (χ0) is 11.5. The summed E-state index contributed by atoms with van der Waals surface area (Å²) in [5.74, 6) is 0. The molecule has 1 N–H and O–H groups in total. The second-order valence-electron chi connectivity index (χ2n) is 4.60. The van der Waals surface area contributed by atoms with E-state index < -0.39 is 5.60 Å². The molecule has 0 saturated heterocycles. The van der Waals surface area contributed by atoms with Crippen LogP contribution in [0.2, 0.25) is 0 Å². The average molecular weight is 206 g/mol. The fourth-order valence-electron chi connectivity index (χ4n) is 2.05. The van der Waals surface area contributed by atoms with Gasteiger partial charge in [-0.25, -0.2) is 0 Å². The van der Waals surface area contributed by atoms with E-state index in [1.54, 1.807) is 0 Å². The molecule has 15 heavy (non-hydrogen) atoms. The summed E-state index contributed by atoms with van der Waals surface area (Å²) >= 11 is 0. The highest BCUT2D eigenvalue weighted by molar-refractivity contribution is 5.29. The van der Waals surface area contributed by atoms with Crippen LogP contribution in [0.3, 0.4) is 0 Å². The molecule has 1 aromatic rings. The summed E-state index contributed by atoms with van der Waals surface area (Å²) < 4.78 is 0. The van der Waals surface area contributed by atoms with Crippen molar-refractivity contribution in [3.63, 3.8) is 0 Å². The Kier molecular flexibility index (Phi) is 3.92. The first kappa shape index (κ1) is 12.3. The average Bonchev–Trinajstić information content (AvgIpc) is 2.16. The van der Waals surface area contributed by atoms with Crippen molar-refractivity contribution in [3.05, 3.63) is 34.9 Å². The van der Waals surface area contributed by atoms with Crippen LogP contribution in [0.4, 0.5) is 0 Å². The first-order valence-electron chi connectivity index (χ1n) is 5.78. The summed E-state index contributed by atoms with van der Waals surface area (Å²) in [6.45, 7) is 8.30. The van der Waals surface area contributed by atoms with E-state index in [9.17, 15) is 5.11 Å². The van der Waals surface area contributed by atoms with Crippen LogP contribution in [0.5, 0.6) is 0 Å². The van der Waals surface area contributed by atoms with Gasteiger partial charge in [-0.05, 0) is 32.3 Å². The Bertz CT molecular complexity index is 304. The molecule has 0 bridgehead atoms. The summed E-state index contributed by atoms with van der Waals surface area (Å²) in [6.07, 6.45) is 2.40. The molecule has 0 radical (unpaired) electrons. The first-order chi connectivity index (χ1) is 6.99. The molecular formula is C14H22O. The number of hydrogen-bond donors (Lipinski definition) is 1. The van der Waals surface area contributed by atoms with E-state index in [2.05, 4.69) is 32.0 Å². The highest BCUT2D eigenvalue weighted by Gasteiger charge is 2.22. The molecule has 84 valence electrons. The van der Waals surface area contributed by atoms with Crippen LogP contribution in [0.25, 0.3) is 0 Å². The van der Waals surface area contributed by atoms with E-state index in [0.717, 1.165) is 19.3 Å². The van der Waals surface area contributed by atoms with Crippen molar-refractivity contribution in [3.8, 4) is 0 Å². The molecule has 0 spiro atoms. The van der Waals surface area contributed by atoms with Crippen molar-refractivity contribution in [2.75, 3.05) is 0 Å². The van der Waals surface area contributed by atoms with Crippen LogP contribution in [-0.4, -0.2) is 10.7 Å². The second kappa shape index (κ2) is 4.80. The SMILES string of the molecule is CCC(O)(CC)Cc1cc(C)cc(C)c1. The zero-order valence-electron chi connectivity index (χ0n) is 10.3. The number of hydrogen-bond acceptors (Lipinski definition) is 1. The number of rotatable bonds is 4. The third-order valence-corrected chi connectivity index (χ3v) is 3.13. The Balaban J connectivity index is 2.88. The maximum absolute atomic E-state index is 10.3. The Morgan fingerprint density at radius 2 is 1.47 bits per heavy atom. The van der Waals surface area contributed by atoms with Gasteiger partial charge < -0.3 is 5.11 Å². The molecular weight excluding hydrogens is 184 g/mol. The van der Waals surface area contributed by atoms with Crippen LogP contribution < -0.4 is 0 Å². The van der Waals surface area contributed by atoms with Gasteiger partial charge in [0.2, 0.25) is 0 Å². The van der Waals surface area contributed by atoms with Gasteiger partial charge in [-0.15, -0.1) is 0 Å². The lowest BCUT2D eigenvalue weighted by Crippen LogP contribution is -2.29. The predicted molar refractivity (Wildman–Crippen MR) is 65.2 cm³/mol. The Morgan fingerprint density at radius 3 is 1.87 bits per heavy atom. The normalized spacial score (nSPS) is 11.8. The highest BCUT2D eigenvalue weighted by Crippen LogP contribution is 2.22. The molecule has 0 fully saturated rings. The van der Waals surface area contributed by atoms with Gasteiger partial charge in [-0.2, -0.15) is 0 Å². The summed E-state index contributed by atoms with van der Waals surface area (Å²) in [5, 5.41) is 10.3. The van der Waals surface area contributed by atoms with Crippen molar-refractivity contribution >= 4 is 0 Å². The standard InChI is InChI=1S/C14H22O/c1-5-14(15,6-2)10-13-8-11(3)7-12(4)9-13/h7-9,15H,5-6,10H2,1-4H3. The summed E-state index contributed by atoms with van der Waals surface area (Å²) in [4.78, 5) is 0. The van der Waals surface area contributed by atoms with Gasteiger partial charge in [-0.3, -0.25) is 0 Å². The first-order valence-corrected chi connectivity index (χ1v) is 5.78. The summed E-state index contributed by atoms with van der Waals surface area (Å²) in [6, 6.07) is 6.51. The van der Waals surface area contributed by atoms with Crippen molar-refractivity contribution in [2.45, 2.75) is 52.6 Å².